The Labute approximate surface area is 374 Å². The van der Waals surface area contributed by atoms with Gasteiger partial charge in [-0.15, -0.1) is 0 Å². The van der Waals surface area contributed by atoms with Gasteiger partial charge in [0.2, 0.25) is 35.4 Å². The Kier molecular flexibility index (Phi) is 21.7. The normalized spacial score (nSPS) is 14.3. The molecule has 0 heterocycles. The summed E-state index contributed by atoms with van der Waals surface area (Å²) in [6.45, 7) is 9.27. The van der Waals surface area contributed by atoms with E-state index in [1.807, 2.05) is 5.32 Å². The van der Waals surface area contributed by atoms with Crippen molar-refractivity contribution in [3.8, 4) is 0 Å². The topological polar surface area (TPSA) is 275 Å². The first-order valence-electron chi connectivity index (χ1n) is 20.7. The highest BCUT2D eigenvalue weighted by atomic mass is 19.4. The minimum absolute atomic E-state index is 0.0611. The number of aldehydes is 1. The van der Waals surface area contributed by atoms with Crippen molar-refractivity contribution in [2.75, 3.05) is 6.61 Å². The zero-order chi connectivity index (χ0) is 49.1. The van der Waals surface area contributed by atoms with E-state index >= 15 is 0 Å². The second-order valence-corrected chi connectivity index (χ2v) is 16.9. The summed E-state index contributed by atoms with van der Waals surface area (Å²) in [5.74, 6) is -9.13. The second-order valence-electron chi connectivity index (χ2n) is 16.9. The lowest BCUT2D eigenvalue weighted by molar-refractivity contribution is -0.147. The minimum atomic E-state index is -4.78. The molecule has 21 heteroatoms. The van der Waals surface area contributed by atoms with Gasteiger partial charge in [0.15, 0.2) is 0 Å². The fourth-order valence-electron chi connectivity index (χ4n) is 6.28. The molecule has 0 aromatic heterocycles. The molecule has 2 aromatic carbocycles. The molecular weight excluding hydrogens is 862 g/mol. The van der Waals surface area contributed by atoms with Crippen LogP contribution in [0.15, 0.2) is 54.6 Å². The molecule has 2 aromatic rings. The van der Waals surface area contributed by atoms with Crippen LogP contribution in [-0.2, 0) is 60.9 Å². The molecule has 358 valence electrons. The van der Waals surface area contributed by atoms with Crippen LogP contribution in [0.3, 0.4) is 0 Å². The third kappa shape index (κ3) is 20.8. The maximum Gasteiger partial charge on any atom is 0.391 e. The molecule has 65 heavy (non-hydrogen) atoms. The molecule has 2 rings (SSSR count). The molecule has 0 aliphatic rings. The summed E-state index contributed by atoms with van der Waals surface area (Å²) in [4.78, 5) is 116. The van der Waals surface area contributed by atoms with Gasteiger partial charge in [-0.3, -0.25) is 38.4 Å². The summed E-state index contributed by atoms with van der Waals surface area (Å²) >= 11 is 0. The van der Waals surface area contributed by atoms with E-state index in [-0.39, 0.29) is 31.7 Å². The van der Waals surface area contributed by atoms with Crippen molar-refractivity contribution in [3.63, 3.8) is 0 Å². The van der Waals surface area contributed by atoms with E-state index in [4.69, 9.17) is 9.84 Å². The Morgan fingerprint density at radius 3 is 1.78 bits per heavy atom. The van der Waals surface area contributed by atoms with Gasteiger partial charge in [-0.2, -0.15) is 13.2 Å². The molecular formula is C44H59F3N6O12. The van der Waals surface area contributed by atoms with E-state index in [0.29, 0.717) is 16.7 Å². The number of ether oxygens (including phenoxy) is 1. The van der Waals surface area contributed by atoms with Crippen LogP contribution in [0.2, 0.25) is 0 Å². The number of rotatable bonds is 26. The maximum atomic E-state index is 14.4. The fourth-order valence-corrected chi connectivity index (χ4v) is 6.28. The van der Waals surface area contributed by atoms with Gasteiger partial charge in [0, 0.05) is 12.8 Å². The molecule has 0 saturated heterocycles. The molecule has 0 saturated carbocycles. The van der Waals surface area contributed by atoms with Crippen LogP contribution in [0.1, 0.15) is 83.4 Å². The monoisotopic (exact) mass is 920 g/mol. The molecule has 18 nitrogen and oxygen atoms in total. The summed E-state index contributed by atoms with van der Waals surface area (Å²) < 4.78 is 45.0. The van der Waals surface area contributed by atoms with E-state index in [9.17, 15) is 61.4 Å². The summed E-state index contributed by atoms with van der Waals surface area (Å²) in [5, 5.41) is 32.8. The Hall–Kier alpha value is -6.38. The summed E-state index contributed by atoms with van der Waals surface area (Å²) in [6, 6.07) is 5.79. The van der Waals surface area contributed by atoms with Gasteiger partial charge in [-0.05, 0) is 41.4 Å². The van der Waals surface area contributed by atoms with E-state index in [0.717, 1.165) is 0 Å². The van der Waals surface area contributed by atoms with E-state index in [1.54, 1.807) is 96.1 Å². The van der Waals surface area contributed by atoms with Crippen LogP contribution in [0.5, 0.6) is 0 Å². The quantitative estimate of drug-likeness (QED) is 0.0632. The highest BCUT2D eigenvalue weighted by Gasteiger charge is 2.39. The zero-order valence-electron chi connectivity index (χ0n) is 37.1. The van der Waals surface area contributed by atoms with Gasteiger partial charge in [-0.1, -0.05) is 89.2 Å². The van der Waals surface area contributed by atoms with Gasteiger partial charge in [0.1, 0.15) is 36.5 Å². The van der Waals surface area contributed by atoms with Gasteiger partial charge >= 0.3 is 18.1 Å². The Balaban J connectivity index is 2.52. The summed E-state index contributed by atoms with van der Waals surface area (Å²) in [5.41, 5.74) is 0.854. The minimum Gasteiger partial charge on any atom is -0.481 e. The molecule has 6 amide bonds. The van der Waals surface area contributed by atoms with Gasteiger partial charge < -0.3 is 51.6 Å². The van der Waals surface area contributed by atoms with Gasteiger partial charge in [0.25, 0.3) is 0 Å². The maximum absolute atomic E-state index is 14.4. The standard InChI is InChI=1S/C44H59F3N6O12/c1-25(2)18-30(38(60)48-29(22-54)21-44(45,46)47)51-42(64)37(43(4,5)6)53-40(62)31(19-28-15-11-10-12-26(28)3)50-41(63)33(24-65-23-27-13-8-7-9-14-27)52-39(61)32(20-36(58)59)49-34(55)16-17-35(56)57/h7-15,22,25,29-33,37H,16-21,23-24H2,1-6H3,(H,48,60)(H,49,55)(H,50,63)(H,51,64)(H,52,61)(H,53,62)(H,56,57)(H,58,59)/t29?,30-,31-,32-,33+,37+/m0/s1. The van der Waals surface area contributed by atoms with Crippen LogP contribution in [0.25, 0.3) is 0 Å². The number of benzene rings is 2. The van der Waals surface area contributed by atoms with Crippen molar-refractivity contribution in [1.82, 2.24) is 31.9 Å². The largest absolute Gasteiger partial charge is 0.481 e. The number of aryl methyl sites for hydroxylation is 1. The van der Waals surface area contributed by atoms with E-state index in [1.165, 1.54) is 0 Å². The molecule has 0 radical (unpaired) electrons. The van der Waals surface area contributed by atoms with Crippen LogP contribution in [0, 0.1) is 18.3 Å². The Morgan fingerprint density at radius 2 is 1.23 bits per heavy atom. The SMILES string of the molecule is Cc1ccccc1C[C@H](NC(=O)[C@@H](COCc1ccccc1)NC(=O)[C@H](CC(=O)O)NC(=O)CCC(=O)O)C(=O)N[C@H](C(=O)N[C@@H](CC(C)C)C(=O)NC(C=O)CC(F)(F)F)C(C)(C)C. The first-order valence-corrected chi connectivity index (χ1v) is 20.7. The van der Waals surface area contributed by atoms with Crippen LogP contribution in [0.4, 0.5) is 13.2 Å². The first kappa shape index (κ1) is 54.8. The van der Waals surface area contributed by atoms with E-state index in [2.05, 4.69) is 26.6 Å². The highest BCUT2D eigenvalue weighted by molar-refractivity contribution is 5.97. The van der Waals surface area contributed by atoms with E-state index < -0.39 is 128 Å². The van der Waals surface area contributed by atoms with Crippen molar-refractivity contribution in [2.24, 2.45) is 11.3 Å². The van der Waals surface area contributed by atoms with Crippen molar-refractivity contribution < 1.29 is 71.3 Å². The lowest BCUT2D eigenvalue weighted by Gasteiger charge is -2.34. The zero-order valence-corrected chi connectivity index (χ0v) is 37.1. The molecule has 8 N–H and O–H groups in total. The van der Waals surface area contributed by atoms with Crippen molar-refractivity contribution in [3.05, 3.63) is 71.3 Å². The van der Waals surface area contributed by atoms with Crippen LogP contribution >= 0.6 is 0 Å². The lowest BCUT2D eigenvalue weighted by Crippen LogP contribution is -2.62. The Morgan fingerprint density at radius 1 is 0.677 bits per heavy atom. The number of carboxylic acids is 2. The van der Waals surface area contributed by atoms with Gasteiger partial charge in [0.05, 0.1) is 38.5 Å². The first-order chi connectivity index (χ1) is 30.3. The summed E-state index contributed by atoms with van der Waals surface area (Å²) in [6.07, 6.45) is -8.89. The number of amides is 6. The molecule has 0 bridgehead atoms. The van der Waals surface area contributed by atoms with Crippen molar-refractivity contribution >= 4 is 53.7 Å². The molecule has 6 atom stereocenters. The lowest BCUT2D eigenvalue weighted by atomic mass is 9.85. The average molecular weight is 921 g/mol. The molecule has 0 aliphatic carbocycles. The van der Waals surface area contributed by atoms with Crippen LogP contribution in [-0.4, -0.2) is 113 Å². The highest BCUT2D eigenvalue weighted by Crippen LogP contribution is 2.23. The van der Waals surface area contributed by atoms with Crippen molar-refractivity contribution in [2.45, 2.75) is 129 Å². The molecule has 0 aliphatic heterocycles. The molecule has 1 unspecified atom stereocenters. The number of hydrogen-bond donors (Lipinski definition) is 8. The molecule has 0 fully saturated rings. The number of carboxylic acid groups (broad SMARTS) is 2. The number of alkyl halides is 3. The van der Waals surface area contributed by atoms with Gasteiger partial charge in [-0.25, -0.2) is 0 Å². The number of aliphatic carboxylic acids is 2. The number of halogens is 3. The number of carbonyl (C=O) groups is 9. The second kappa shape index (κ2) is 25.8. The average Bonchev–Trinajstić information content (AvgIpc) is 3.20. The molecule has 0 spiro atoms. The third-order valence-corrected chi connectivity index (χ3v) is 9.64. The van der Waals surface area contributed by atoms with Crippen molar-refractivity contribution in [1.29, 1.82) is 0 Å². The predicted molar refractivity (Wildman–Crippen MR) is 227 cm³/mol. The number of nitrogens with one attached hydrogen (secondary N) is 6. The summed E-state index contributed by atoms with van der Waals surface area (Å²) in [7, 11) is 0. The smallest absolute Gasteiger partial charge is 0.391 e. The number of hydrogen-bond acceptors (Lipinski definition) is 10. The van der Waals surface area contributed by atoms with Crippen LogP contribution < -0.4 is 31.9 Å². The fraction of sp³-hybridized carbons (Fsp3) is 0.523. The predicted octanol–water partition coefficient (Wildman–Crippen LogP) is 2.25. The number of carbonyl (C=O) groups excluding carboxylic acids is 7. The third-order valence-electron chi connectivity index (χ3n) is 9.64. The Bertz CT molecular complexity index is 1980.